The molecule has 1 aliphatic rings. The lowest BCUT2D eigenvalue weighted by Crippen LogP contribution is -2.48. The molecular weight excluding hydrogens is 470 g/mol. The SMILES string of the molecule is COCCOC(=O)C1=C(C)N(c2ccc(OC)cc2)C(=S)NC1c1ccc(Cl)c([N+](=O)[O-])c1. The fourth-order valence-electron chi connectivity index (χ4n) is 3.44. The molecule has 33 heavy (non-hydrogen) atoms. The van der Waals surface area contributed by atoms with Crippen molar-refractivity contribution in [3.8, 4) is 5.75 Å². The fourth-order valence-corrected chi connectivity index (χ4v) is 3.99. The van der Waals surface area contributed by atoms with E-state index in [0.717, 1.165) is 0 Å². The van der Waals surface area contributed by atoms with Crippen molar-refractivity contribution in [2.75, 3.05) is 32.3 Å². The van der Waals surface area contributed by atoms with Crippen molar-refractivity contribution < 1.29 is 23.9 Å². The first-order valence-electron chi connectivity index (χ1n) is 9.83. The van der Waals surface area contributed by atoms with Gasteiger partial charge in [0.05, 0.1) is 30.3 Å². The molecule has 1 atom stereocenters. The number of nitrogens with one attached hydrogen (secondary N) is 1. The molecule has 1 heterocycles. The van der Waals surface area contributed by atoms with Crippen molar-refractivity contribution in [2.45, 2.75) is 13.0 Å². The third-order valence-corrected chi connectivity index (χ3v) is 5.68. The van der Waals surface area contributed by atoms with Crippen LogP contribution in [0.25, 0.3) is 0 Å². The molecule has 11 heteroatoms. The van der Waals surface area contributed by atoms with Crippen LogP contribution in [0, 0.1) is 10.1 Å². The Kier molecular flexibility index (Phi) is 7.85. The minimum absolute atomic E-state index is 0.00748. The monoisotopic (exact) mass is 491 g/mol. The summed E-state index contributed by atoms with van der Waals surface area (Å²) in [5.41, 5.74) is 1.65. The second-order valence-corrected chi connectivity index (χ2v) is 7.81. The molecule has 0 amide bonds. The van der Waals surface area contributed by atoms with Crippen LogP contribution in [0.3, 0.4) is 0 Å². The summed E-state index contributed by atoms with van der Waals surface area (Å²) in [6, 6.07) is 10.7. The number of rotatable bonds is 8. The van der Waals surface area contributed by atoms with Gasteiger partial charge >= 0.3 is 5.97 Å². The molecule has 2 aromatic rings. The second kappa shape index (κ2) is 10.6. The van der Waals surface area contributed by atoms with Gasteiger partial charge in [-0.05, 0) is 55.0 Å². The van der Waals surface area contributed by atoms with E-state index < -0.39 is 16.9 Å². The number of anilines is 1. The zero-order valence-electron chi connectivity index (χ0n) is 18.2. The van der Waals surface area contributed by atoms with Gasteiger partial charge in [0.25, 0.3) is 5.69 Å². The van der Waals surface area contributed by atoms with Gasteiger partial charge in [-0.3, -0.25) is 15.0 Å². The van der Waals surface area contributed by atoms with Gasteiger partial charge in [-0.1, -0.05) is 17.7 Å². The van der Waals surface area contributed by atoms with Crippen LogP contribution in [0.2, 0.25) is 5.02 Å². The number of carbonyl (C=O) groups excluding carboxylic acids is 1. The third kappa shape index (κ3) is 5.24. The highest BCUT2D eigenvalue weighted by Crippen LogP contribution is 2.37. The minimum atomic E-state index is -0.780. The Balaban J connectivity index is 2.10. The number of esters is 1. The standard InChI is InChI=1S/C22H22ClN3O6S/c1-13-19(21(27)32-11-10-30-2)20(14-4-9-17(23)18(12-14)26(28)29)24-22(33)25(13)15-5-7-16(31-3)8-6-15/h4-9,12,20H,10-11H2,1-3H3,(H,24,33). The van der Waals surface area contributed by atoms with E-state index in [9.17, 15) is 14.9 Å². The molecule has 9 nitrogen and oxygen atoms in total. The predicted octanol–water partition coefficient (Wildman–Crippen LogP) is 4.16. The molecule has 0 bridgehead atoms. The van der Waals surface area contributed by atoms with E-state index in [2.05, 4.69) is 5.32 Å². The molecule has 1 aliphatic heterocycles. The zero-order valence-corrected chi connectivity index (χ0v) is 19.7. The highest BCUT2D eigenvalue weighted by atomic mass is 35.5. The van der Waals surface area contributed by atoms with Crippen LogP contribution in [0.1, 0.15) is 18.5 Å². The normalized spacial score (nSPS) is 15.8. The first-order chi connectivity index (χ1) is 15.8. The summed E-state index contributed by atoms with van der Waals surface area (Å²) in [6.45, 7) is 2.01. The summed E-state index contributed by atoms with van der Waals surface area (Å²) in [5, 5.41) is 14.8. The molecule has 0 aromatic heterocycles. The molecular formula is C22H22ClN3O6S. The quantitative estimate of drug-likeness (QED) is 0.192. The smallest absolute Gasteiger partial charge is 0.338 e. The number of nitro groups is 1. The lowest BCUT2D eigenvalue weighted by atomic mass is 9.94. The molecule has 0 aliphatic carbocycles. The maximum atomic E-state index is 13.1. The minimum Gasteiger partial charge on any atom is -0.497 e. The number of nitrogens with zero attached hydrogens (tertiary/aromatic N) is 2. The van der Waals surface area contributed by atoms with Crippen molar-refractivity contribution in [1.29, 1.82) is 0 Å². The largest absolute Gasteiger partial charge is 0.497 e. The Hall–Kier alpha value is -3.21. The number of benzene rings is 2. The Labute approximate surface area is 201 Å². The van der Waals surface area contributed by atoms with Gasteiger partial charge in [0.1, 0.15) is 17.4 Å². The molecule has 0 saturated carbocycles. The molecule has 3 rings (SSSR count). The van der Waals surface area contributed by atoms with Gasteiger partial charge in [0.2, 0.25) is 0 Å². The van der Waals surface area contributed by atoms with E-state index in [1.54, 1.807) is 49.3 Å². The van der Waals surface area contributed by atoms with Gasteiger partial charge in [-0.25, -0.2) is 4.79 Å². The molecule has 0 fully saturated rings. The fraction of sp³-hybridized carbons (Fsp3) is 0.273. The average molecular weight is 492 g/mol. The van der Waals surface area contributed by atoms with Crippen LogP contribution < -0.4 is 15.0 Å². The van der Waals surface area contributed by atoms with E-state index in [0.29, 0.717) is 27.8 Å². The van der Waals surface area contributed by atoms with E-state index in [1.807, 2.05) is 0 Å². The second-order valence-electron chi connectivity index (χ2n) is 7.01. The molecule has 0 radical (unpaired) electrons. The van der Waals surface area contributed by atoms with Crippen LogP contribution in [0.4, 0.5) is 11.4 Å². The van der Waals surface area contributed by atoms with Crippen molar-refractivity contribution >= 4 is 46.3 Å². The Morgan fingerprint density at radius 3 is 2.52 bits per heavy atom. The topological polar surface area (TPSA) is 103 Å². The van der Waals surface area contributed by atoms with Gasteiger partial charge in [-0.15, -0.1) is 0 Å². The van der Waals surface area contributed by atoms with Crippen LogP contribution >= 0.6 is 23.8 Å². The van der Waals surface area contributed by atoms with E-state index >= 15 is 0 Å². The van der Waals surface area contributed by atoms with Crippen molar-refractivity contribution in [1.82, 2.24) is 5.32 Å². The molecule has 1 N–H and O–H groups in total. The van der Waals surface area contributed by atoms with Crippen LogP contribution in [0.15, 0.2) is 53.7 Å². The summed E-state index contributed by atoms with van der Waals surface area (Å²) in [4.78, 5) is 25.6. The molecule has 2 aromatic carbocycles. The van der Waals surface area contributed by atoms with Crippen molar-refractivity contribution in [3.05, 3.63) is 74.4 Å². The molecule has 1 unspecified atom stereocenters. The molecule has 174 valence electrons. The van der Waals surface area contributed by atoms with Crippen LogP contribution in [-0.4, -0.2) is 43.4 Å². The summed E-state index contributed by atoms with van der Waals surface area (Å²) in [6.07, 6.45) is 0. The third-order valence-electron chi connectivity index (χ3n) is 5.06. The number of allylic oxidation sites excluding steroid dienone is 1. The number of halogens is 1. The average Bonchev–Trinajstić information content (AvgIpc) is 2.79. The summed E-state index contributed by atoms with van der Waals surface area (Å²) in [7, 11) is 3.07. The van der Waals surface area contributed by atoms with E-state index in [1.165, 1.54) is 19.2 Å². The number of nitro benzene ring substituents is 1. The highest BCUT2D eigenvalue weighted by molar-refractivity contribution is 7.80. The summed E-state index contributed by atoms with van der Waals surface area (Å²) >= 11 is 11.6. The lowest BCUT2D eigenvalue weighted by molar-refractivity contribution is -0.384. The zero-order chi connectivity index (χ0) is 24.1. The van der Waals surface area contributed by atoms with Gasteiger partial charge in [-0.2, -0.15) is 0 Å². The maximum absolute atomic E-state index is 13.1. The van der Waals surface area contributed by atoms with E-state index in [-0.39, 0.29) is 29.5 Å². The first-order valence-corrected chi connectivity index (χ1v) is 10.6. The van der Waals surface area contributed by atoms with Gasteiger partial charge in [0.15, 0.2) is 5.11 Å². The van der Waals surface area contributed by atoms with Crippen molar-refractivity contribution in [2.24, 2.45) is 0 Å². The van der Waals surface area contributed by atoms with Crippen molar-refractivity contribution in [3.63, 3.8) is 0 Å². The highest BCUT2D eigenvalue weighted by Gasteiger charge is 2.36. The predicted molar refractivity (Wildman–Crippen MR) is 128 cm³/mol. The molecule has 0 spiro atoms. The Bertz CT molecular complexity index is 1110. The first kappa shape index (κ1) is 24.4. The number of ether oxygens (including phenoxy) is 3. The number of hydrogen-bond donors (Lipinski definition) is 1. The van der Waals surface area contributed by atoms with Gasteiger partial charge in [0, 0.05) is 24.6 Å². The summed E-state index contributed by atoms with van der Waals surface area (Å²) in [5.74, 6) is 0.0717. The molecule has 0 saturated heterocycles. The number of methoxy groups -OCH3 is 2. The summed E-state index contributed by atoms with van der Waals surface area (Å²) < 4.78 is 15.6. The number of carbonyl (C=O) groups is 1. The van der Waals surface area contributed by atoms with Crippen LogP contribution in [-0.2, 0) is 14.3 Å². The van der Waals surface area contributed by atoms with E-state index in [4.69, 9.17) is 38.0 Å². The lowest BCUT2D eigenvalue weighted by Gasteiger charge is -2.37. The number of thiocarbonyl (C=S) groups is 1. The maximum Gasteiger partial charge on any atom is 0.338 e. The number of hydrogen-bond acceptors (Lipinski definition) is 7. The van der Waals surface area contributed by atoms with Gasteiger partial charge < -0.3 is 19.5 Å². The Morgan fingerprint density at radius 1 is 1.21 bits per heavy atom. The van der Waals surface area contributed by atoms with Crippen LogP contribution in [0.5, 0.6) is 5.75 Å². The Morgan fingerprint density at radius 2 is 1.91 bits per heavy atom.